The second kappa shape index (κ2) is 15.8. The Kier molecular flexibility index (Phi) is 13.9. The van der Waals surface area contributed by atoms with Crippen molar-refractivity contribution in [3.63, 3.8) is 0 Å². The van der Waals surface area contributed by atoms with Gasteiger partial charge < -0.3 is 24.1 Å². The molecule has 0 saturated carbocycles. The molecule has 0 saturated heterocycles. The summed E-state index contributed by atoms with van der Waals surface area (Å²) in [6, 6.07) is 0. The summed E-state index contributed by atoms with van der Waals surface area (Å²) in [5, 5.41) is 10.3. The zero-order valence-electron chi connectivity index (χ0n) is 19.2. The second-order valence-electron chi connectivity index (χ2n) is 6.90. The van der Waals surface area contributed by atoms with Crippen molar-refractivity contribution < 1.29 is 43.2 Å². The maximum absolute atomic E-state index is 12.5. The highest BCUT2D eigenvalue weighted by molar-refractivity contribution is 5.89. The van der Waals surface area contributed by atoms with Gasteiger partial charge in [0.2, 0.25) is 0 Å². The van der Waals surface area contributed by atoms with Crippen LogP contribution in [0.15, 0.2) is 86.6 Å². The van der Waals surface area contributed by atoms with Gasteiger partial charge in [-0.2, -0.15) is 0 Å². The summed E-state index contributed by atoms with van der Waals surface area (Å²) in [7, 11) is 0. The summed E-state index contributed by atoms with van der Waals surface area (Å²) in [5.41, 5.74) is -1.64. The first-order valence-electron chi connectivity index (χ1n) is 9.95. The number of esters is 4. The normalized spacial score (nSPS) is 11.8. The Morgan fingerprint density at radius 2 is 1.21 bits per heavy atom. The number of aliphatic hydroxyl groups excluding tert-OH is 1. The molecule has 9 nitrogen and oxygen atoms in total. The molecule has 1 atom stereocenters. The van der Waals surface area contributed by atoms with E-state index in [-0.39, 0.29) is 11.1 Å². The molecule has 1 unspecified atom stereocenters. The molecule has 0 aliphatic rings. The predicted molar refractivity (Wildman–Crippen MR) is 125 cm³/mol. The average molecular weight is 475 g/mol. The van der Waals surface area contributed by atoms with Crippen molar-refractivity contribution in [3.05, 3.63) is 86.6 Å². The van der Waals surface area contributed by atoms with Crippen molar-refractivity contribution in [3.8, 4) is 0 Å². The number of allylic oxidation sites excluding steroid dienone is 3. The van der Waals surface area contributed by atoms with Gasteiger partial charge in [0.25, 0.3) is 0 Å². The van der Waals surface area contributed by atoms with E-state index in [9.17, 15) is 24.3 Å². The summed E-state index contributed by atoms with van der Waals surface area (Å²) in [5.74, 6) is -3.45. The van der Waals surface area contributed by atoms with E-state index in [0.29, 0.717) is 0 Å². The van der Waals surface area contributed by atoms with E-state index in [2.05, 4.69) is 32.9 Å². The van der Waals surface area contributed by atoms with Crippen LogP contribution in [0, 0.1) is 5.41 Å². The van der Waals surface area contributed by atoms with Crippen LogP contribution in [0.4, 0.5) is 0 Å². The Morgan fingerprint density at radius 1 is 0.794 bits per heavy atom. The van der Waals surface area contributed by atoms with Crippen molar-refractivity contribution in [1.82, 2.24) is 0 Å². The molecule has 0 aliphatic carbocycles. The van der Waals surface area contributed by atoms with E-state index in [4.69, 9.17) is 18.9 Å². The molecule has 0 heterocycles. The number of rotatable bonds is 16. The Labute approximate surface area is 199 Å². The number of hydrogen-bond donors (Lipinski definition) is 1. The number of carbonyl (C=O) groups is 4. The molecule has 0 radical (unpaired) electrons. The maximum atomic E-state index is 12.5. The van der Waals surface area contributed by atoms with Crippen LogP contribution in [-0.2, 0) is 38.1 Å². The highest BCUT2D eigenvalue weighted by Gasteiger charge is 2.38. The first-order valence-corrected chi connectivity index (χ1v) is 9.95. The quantitative estimate of drug-likeness (QED) is 0.155. The lowest BCUT2D eigenvalue weighted by atomic mass is 9.92. The molecule has 0 spiro atoms. The topological polar surface area (TPSA) is 125 Å². The summed E-state index contributed by atoms with van der Waals surface area (Å²) >= 11 is 0. The average Bonchev–Trinajstić information content (AvgIpc) is 2.85. The van der Waals surface area contributed by atoms with E-state index in [1.165, 1.54) is 6.08 Å². The van der Waals surface area contributed by atoms with Crippen LogP contribution in [0.3, 0.4) is 0 Å². The minimum absolute atomic E-state index is 0.186. The molecule has 0 fully saturated rings. The molecular weight excluding hydrogens is 444 g/mol. The van der Waals surface area contributed by atoms with Crippen LogP contribution in [0.2, 0.25) is 0 Å². The molecule has 0 aliphatic heterocycles. The summed E-state index contributed by atoms with van der Waals surface area (Å²) in [4.78, 5) is 47.3. The number of hydrogen-bond acceptors (Lipinski definition) is 9. The Morgan fingerprint density at radius 3 is 1.59 bits per heavy atom. The lowest BCUT2D eigenvalue weighted by Gasteiger charge is -2.31. The largest absolute Gasteiger partial charge is 0.462 e. The van der Waals surface area contributed by atoms with E-state index in [0.717, 1.165) is 18.2 Å². The molecule has 0 amide bonds. The molecule has 9 heteroatoms. The van der Waals surface area contributed by atoms with Crippen LogP contribution < -0.4 is 0 Å². The summed E-state index contributed by atoms with van der Waals surface area (Å²) in [6.07, 6.45) is 7.83. The SMILES string of the molecule is C=CC(=O)OCC(COC(=O)C=C)(COC(=O)C=C)COC(=O)C(=C)C(O)C(=C)/C=C\C=C/C. The van der Waals surface area contributed by atoms with E-state index in [1.54, 1.807) is 25.2 Å². The highest BCUT2D eigenvalue weighted by Crippen LogP contribution is 2.23. The fourth-order valence-electron chi connectivity index (χ4n) is 2.13. The summed E-state index contributed by atoms with van der Waals surface area (Å²) in [6.45, 7) is 16.9. The van der Waals surface area contributed by atoms with Gasteiger partial charge in [0.1, 0.15) is 37.9 Å². The van der Waals surface area contributed by atoms with Gasteiger partial charge in [-0.25, -0.2) is 19.2 Å². The van der Waals surface area contributed by atoms with Gasteiger partial charge in [-0.1, -0.05) is 57.2 Å². The van der Waals surface area contributed by atoms with E-state index >= 15 is 0 Å². The third kappa shape index (κ3) is 11.1. The second-order valence-corrected chi connectivity index (χ2v) is 6.90. The van der Waals surface area contributed by atoms with Crippen LogP contribution >= 0.6 is 0 Å². The van der Waals surface area contributed by atoms with Crippen LogP contribution in [0.5, 0.6) is 0 Å². The van der Waals surface area contributed by atoms with Crippen molar-refractivity contribution in [2.45, 2.75) is 13.0 Å². The first kappa shape index (κ1) is 30.0. The molecule has 0 aromatic carbocycles. The minimum Gasteiger partial charge on any atom is -0.462 e. The molecule has 34 heavy (non-hydrogen) atoms. The third-order valence-electron chi connectivity index (χ3n) is 4.13. The van der Waals surface area contributed by atoms with Crippen molar-refractivity contribution in [2.24, 2.45) is 5.41 Å². The van der Waals surface area contributed by atoms with Crippen LogP contribution in [-0.4, -0.2) is 61.5 Å². The Hall–Kier alpha value is -3.98. The molecular formula is C25H30O9. The van der Waals surface area contributed by atoms with Gasteiger partial charge in [0.15, 0.2) is 0 Å². The zero-order valence-corrected chi connectivity index (χ0v) is 19.2. The first-order chi connectivity index (χ1) is 16.1. The van der Waals surface area contributed by atoms with Crippen molar-refractivity contribution in [1.29, 1.82) is 0 Å². The highest BCUT2D eigenvalue weighted by atomic mass is 16.6. The van der Waals surface area contributed by atoms with Crippen LogP contribution in [0.1, 0.15) is 6.92 Å². The monoisotopic (exact) mass is 474 g/mol. The van der Waals surface area contributed by atoms with Crippen molar-refractivity contribution in [2.75, 3.05) is 26.4 Å². The smallest absolute Gasteiger partial charge is 0.336 e. The Bertz CT molecular complexity index is 817. The van der Waals surface area contributed by atoms with Gasteiger partial charge in [-0.05, 0) is 12.5 Å². The predicted octanol–water partition coefficient (Wildman–Crippen LogP) is 2.31. The minimum atomic E-state index is -1.50. The number of carbonyl (C=O) groups excluding carboxylic acids is 4. The lowest BCUT2D eigenvalue weighted by Crippen LogP contribution is -2.44. The van der Waals surface area contributed by atoms with Gasteiger partial charge in [0, 0.05) is 18.2 Å². The van der Waals surface area contributed by atoms with Gasteiger partial charge in [0.05, 0.1) is 5.57 Å². The summed E-state index contributed by atoms with van der Waals surface area (Å²) < 4.78 is 20.3. The van der Waals surface area contributed by atoms with Gasteiger partial charge >= 0.3 is 23.9 Å². The fraction of sp³-hybridized carbons (Fsp3) is 0.280. The van der Waals surface area contributed by atoms with Gasteiger partial charge in [-0.15, -0.1) is 0 Å². The molecule has 0 aromatic rings. The third-order valence-corrected chi connectivity index (χ3v) is 4.13. The van der Waals surface area contributed by atoms with E-state index in [1.807, 2.05) is 0 Å². The lowest BCUT2D eigenvalue weighted by molar-refractivity contribution is -0.164. The van der Waals surface area contributed by atoms with Gasteiger partial charge in [-0.3, -0.25) is 0 Å². The fourth-order valence-corrected chi connectivity index (χ4v) is 2.13. The maximum Gasteiger partial charge on any atom is 0.336 e. The molecule has 0 bridgehead atoms. The standard InChI is InChI=1S/C25H30O9/c1-7-11-12-13-18(5)23(29)19(6)24(30)34-17-25(14-31-20(26)8-2,15-32-21(27)9-3)16-33-22(28)10-4/h7-13,23,29H,2-6,14-17H2,1H3/b11-7-,13-12-. The molecule has 0 aromatic heterocycles. The Balaban J connectivity index is 5.66. The molecule has 184 valence electrons. The number of ether oxygens (including phenoxy) is 4. The number of aliphatic hydroxyl groups is 1. The van der Waals surface area contributed by atoms with E-state index < -0.39 is 61.8 Å². The van der Waals surface area contributed by atoms with Crippen LogP contribution in [0.25, 0.3) is 0 Å². The molecule has 1 N–H and O–H groups in total. The van der Waals surface area contributed by atoms with Crippen molar-refractivity contribution >= 4 is 23.9 Å². The zero-order chi connectivity index (χ0) is 26.1. The molecule has 0 rings (SSSR count).